The Labute approximate surface area is 130 Å². The second-order valence-electron chi connectivity index (χ2n) is 4.97. The van der Waals surface area contributed by atoms with Gasteiger partial charge in [0.1, 0.15) is 0 Å². The number of nitrogens with zero attached hydrogens (tertiary/aromatic N) is 3. The maximum absolute atomic E-state index is 11.8. The number of hydrogen-bond acceptors (Lipinski definition) is 7. The number of benzene rings is 1. The van der Waals surface area contributed by atoms with Gasteiger partial charge in [0.05, 0.1) is 18.4 Å². The van der Waals surface area contributed by atoms with Crippen LogP contribution < -0.4 is 16.6 Å². The lowest BCUT2D eigenvalue weighted by Gasteiger charge is -2.07. The van der Waals surface area contributed by atoms with Crippen LogP contribution in [0.25, 0.3) is 11.2 Å². The molecule has 116 valence electrons. The van der Waals surface area contributed by atoms with Crippen molar-refractivity contribution in [3.8, 4) is 0 Å². The molecule has 23 heavy (non-hydrogen) atoms. The molecule has 0 saturated heterocycles. The van der Waals surface area contributed by atoms with E-state index in [1.807, 2.05) is 0 Å². The minimum absolute atomic E-state index is 0.00763. The highest BCUT2D eigenvalue weighted by Gasteiger charge is 2.06. The van der Waals surface area contributed by atoms with E-state index in [4.69, 9.17) is 5.73 Å². The summed E-state index contributed by atoms with van der Waals surface area (Å²) in [6.07, 6.45) is 1.53. The first-order valence-corrected chi connectivity index (χ1v) is 6.89. The zero-order valence-electron chi connectivity index (χ0n) is 12.3. The molecule has 2 aromatic heterocycles. The molecule has 8 heteroatoms. The molecule has 8 nitrogen and oxygen atoms in total. The number of ketones is 1. The molecule has 4 N–H and O–H groups in total. The van der Waals surface area contributed by atoms with E-state index in [9.17, 15) is 9.59 Å². The third-order valence-electron chi connectivity index (χ3n) is 3.25. The topological polar surface area (TPSA) is 127 Å². The van der Waals surface area contributed by atoms with Crippen molar-refractivity contribution >= 4 is 28.6 Å². The van der Waals surface area contributed by atoms with Crippen LogP contribution in [0, 0.1) is 0 Å². The predicted octanol–water partition coefficient (Wildman–Crippen LogP) is 1.11. The number of carbonyl (C=O) groups excluding carboxylic acids is 1. The van der Waals surface area contributed by atoms with E-state index >= 15 is 0 Å². The summed E-state index contributed by atoms with van der Waals surface area (Å²) in [6, 6.07) is 7.10. The molecule has 0 aliphatic heterocycles. The Hall–Kier alpha value is -3.29. The Balaban J connectivity index is 1.79. The number of fused-ring (bicyclic) bond motifs is 1. The maximum Gasteiger partial charge on any atom is 0.280 e. The fourth-order valence-electron chi connectivity index (χ4n) is 2.07. The van der Waals surface area contributed by atoms with Crippen LogP contribution in [0.1, 0.15) is 23.0 Å². The van der Waals surface area contributed by atoms with Crippen LogP contribution in [0.4, 0.5) is 11.6 Å². The molecule has 1 aromatic carbocycles. The monoisotopic (exact) mass is 310 g/mol. The largest absolute Gasteiger partial charge is 0.379 e. The molecular weight excluding hydrogens is 296 g/mol. The van der Waals surface area contributed by atoms with Gasteiger partial charge in [-0.15, -0.1) is 0 Å². The van der Waals surface area contributed by atoms with Crippen molar-refractivity contribution in [3.63, 3.8) is 0 Å². The zero-order chi connectivity index (χ0) is 16.4. The van der Waals surface area contributed by atoms with E-state index < -0.39 is 5.56 Å². The van der Waals surface area contributed by atoms with Gasteiger partial charge in [-0.3, -0.25) is 14.6 Å². The Morgan fingerprint density at radius 1 is 1.26 bits per heavy atom. The van der Waals surface area contributed by atoms with Gasteiger partial charge in [-0.25, -0.2) is 9.97 Å². The van der Waals surface area contributed by atoms with E-state index in [1.165, 1.54) is 13.1 Å². The molecule has 0 fully saturated rings. The van der Waals surface area contributed by atoms with Gasteiger partial charge in [0.25, 0.3) is 5.56 Å². The van der Waals surface area contributed by atoms with Crippen LogP contribution in [-0.4, -0.2) is 25.7 Å². The van der Waals surface area contributed by atoms with Crippen molar-refractivity contribution in [1.29, 1.82) is 0 Å². The van der Waals surface area contributed by atoms with Gasteiger partial charge < -0.3 is 11.1 Å². The minimum Gasteiger partial charge on any atom is -0.379 e. The molecule has 0 aliphatic rings. The number of hydrogen-bond donors (Lipinski definition) is 3. The van der Waals surface area contributed by atoms with Crippen molar-refractivity contribution in [2.24, 2.45) is 0 Å². The molecule has 3 rings (SSSR count). The number of nitrogens with two attached hydrogens (primary N) is 1. The maximum atomic E-state index is 11.8. The summed E-state index contributed by atoms with van der Waals surface area (Å²) in [5.41, 5.74) is 7.46. The Morgan fingerprint density at radius 2 is 2.00 bits per heavy atom. The highest BCUT2D eigenvalue weighted by atomic mass is 16.1. The average Bonchev–Trinajstić information content (AvgIpc) is 2.53. The summed E-state index contributed by atoms with van der Waals surface area (Å²) in [5.74, 6) is 0.0242. The fourth-order valence-corrected chi connectivity index (χ4v) is 2.07. The number of aromatic amines is 1. The number of nitrogen functional groups attached to an aromatic ring is 1. The van der Waals surface area contributed by atoms with E-state index in [0.29, 0.717) is 17.8 Å². The van der Waals surface area contributed by atoms with Gasteiger partial charge in [0, 0.05) is 11.3 Å². The van der Waals surface area contributed by atoms with Gasteiger partial charge >= 0.3 is 0 Å². The molecule has 2 heterocycles. The van der Waals surface area contributed by atoms with Crippen LogP contribution in [-0.2, 0) is 6.54 Å². The van der Waals surface area contributed by atoms with Crippen molar-refractivity contribution in [2.45, 2.75) is 13.5 Å². The molecular formula is C15H14N6O2. The SMILES string of the molecule is CC(=O)c1ccc(NCc2cnc3nc(N)[nH]c(=O)c3n2)cc1. The van der Waals surface area contributed by atoms with Crippen molar-refractivity contribution in [3.05, 3.63) is 52.1 Å². The van der Waals surface area contributed by atoms with Crippen LogP contribution in [0.3, 0.4) is 0 Å². The molecule has 0 spiro atoms. The number of nitrogens with one attached hydrogen (secondary N) is 2. The molecule has 0 saturated carbocycles. The van der Waals surface area contributed by atoms with E-state index in [0.717, 1.165) is 5.69 Å². The fraction of sp³-hybridized carbons (Fsp3) is 0.133. The van der Waals surface area contributed by atoms with Gasteiger partial charge in [0.15, 0.2) is 16.9 Å². The lowest BCUT2D eigenvalue weighted by atomic mass is 10.1. The Morgan fingerprint density at radius 3 is 2.70 bits per heavy atom. The van der Waals surface area contributed by atoms with Crippen molar-refractivity contribution < 1.29 is 4.79 Å². The normalized spacial score (nSPS) is 10.7. The molecule has 0 unspecified atom stereocenters. The Kier molecular flexibility index (Phi) is 3.71. The van der Waals surface area contributed by atoms with Crippen LogP contribution in [0.5, 0.6) is 0 Å². The summed E-state index contributed by atoms with van der Waals surface area (Å²) in [4.78, 5) is 37.7. The first kappa shape index (κ1) is 14.6. The van der Waals surface area contributed by atoms with Crippen molar-refractivity contribution in [2.75, 3.05) is 11.1 Å². The second-order valence-corrected chi connectivity index (χ2v) is 4.97. The average molecular weight is 310 g/mol. The quantitative estimate of drug-likeness (QED) is 0.616. The lowest BCUT2D eigenvalue weighted by molar-refractivity contribution is 0.101. The molecule has 0 aliphatic carbocycles. The van der Waals surface area contributed by atoms with E-state index in [2.05, 4.69) is 25.3 Å². The van der Waals surface area contributed by atoms with Gasteiger partial charge in [-0.1, -0.05) is 0 Å². The smallest absolute Gasteiger partial charge is 0.280 e. The van der Waals surface area contributed by atoms with Crippen LogP contribution in [0.15, 0.2) is 35.3 Å². The lowest BCUT2D eigenvalue weighted by Crippen LogP contribution is -2.15. The standard InChI is InChI=1S/C15H14N6O2/c1-8(22)9-2-4-10(5-3-9)17-6-11-7-18-13-12(19-11)14(23)21-15(16)20-13/h2-5,7,17H,6H2,1H3,(H3,16,18,20,21,23). The molecule has 0 radical (unpaired) electrons. The van der Waals surface area contributed by atoms with Crippen LogP contribution in [0.2, 0.25) is 0 Å². The third kappa shape index (κ3) is 3.15. The first-order chi connectivity index (χ1) is 11.0. The van der Waals surface area contributed by atoms with Crippen molar-refractivity contribution in [1.82, 2.24) is 19.9 Å². The summed E-state index contributed by atoms with van der Waals surface area (Å²) in [6.45, 7) is 1.90. The van der Waals surface area contributed by atoms with E-state index in [1.54, 1.807) is 24.3 Å². The summed E-state index contributed by atoms with van der Waals surface area (Å²) < 4.78 is 0. The number of Topliss-reactive ketones (excluding diaryl/α,β-unsaturated/α-hetero) is 1. The van der Waals surface area contributed by atoms with Crippen LogP contribution >= 0.6 is 0 Å². The van der Waals surface area contributed by atoms with Gasteiger partial charge in [-0.05, 0) is 31.2 Å². The molecule has 3 aromatic rings. The predicted molar refractivity (Wildman–Crippen MR) is 86.1 cm³/mol. The second kappa shape index (κ2) is 5.84. The summed E-state index contributed by atoms with van der Waals surface area (Å²) >= 11 is 0. The number of aromatic nitrogens is 4. The highest BCUT2D eigenvalue weighted by Crippen LogP contribution is 2.11. The summed E-state index contributed by atoms with van der Waals surface area (Å²) in [7, 11) is 0. The molecule has 0 amide bonds. The molecule has 0 atom stereocenters. The minimum atomic E-state index is -0.423. The van der Waals surface area contributed by atoms with E-state index in [-0.39, 0.29) is 22.9 Å². The third-order valence-corrected chi connectivity index (χ3v) is 3.25. The number of rotatable bonds is 4. The zero-order valence-corrected chi connectivity index (χ0v) is 12.3. The van der Waals surface area contributed by atoms with Gasteiger partial charge in [0.2, 0.25) is 5.95 Å². The Bertz CT molecular complexity index is 933. The van der Waals surface area contributed by atoms with Gasteiger partial charge in [-0.2, -0.15) is 4.98 Å². The highest BCUT2D eigenvalue weighted by molar-refractivity contribution is 5.94. The molecule has 0 bridgehead atoms. The summed E-state index contributed by atoms with van der Waals surface area (Å²) in [5, 5.41) is 3.15. The number of H-pyrrole nitrogens is 1. The number of anilines is 2. The number of carbonyl (C=O) groups is 1. The first-order valence-electron chi connectivity index (χ1n) is 6.89.